The van der Waals surface area contributed by atoms with Crippen LogP contribution in [0, 0.1) is 13.8 Å². The first kappa shape index (κ1) is 22.7. The topological polar surface area (TPSA) is 161 Å². The van der Waals surface area contributed by atoms with Crippen molar-refractivity contribution in [1.29, 1.82) is 0 Å². The molecule has 0 fully saturated rings. The summed E-state index contributed by atoms with van der Waals surface area (Å²) in [7, 11) is 1.51. The number of benzene rings is 1. The van der Waals surface area contributed by atoms with Crippen LogP contribution in [-0.2, 0) is 16.0 Å². The molecule has 1 aromatic heterocycles. The van der Waals surface area contributed by atoms with Gasteiger partial charge in [-0.05, 0) is 44.4 Å². The van der Waals surface area contributed by atoms with Gasteiger partial charge in [-0.25, -0.2) is 14.4 Å². The summed E-state index contributed by atoms with van der Waals surface area (Å²) in [6.45, 7) is 3.66. The average Bonchev–Trinajstić information content (AvgIpc) is 2.68. The van der Waals surface area contributed by atoms with Gasteiger partial charge in [-0.15, -0.1) is 0 Å². The van der Waals surface area contributed by atoms with Crippen LogP contribution in [0.3, 0.4) is 0 Å². The van der Waals surface area contributed by atoms with Crippen LogP contribution in [0.1, 0.15) is 29.5 Å². The van der Waals surface area contributed by atoms with E-state index in [0.29, 0.717) is 34.3 Å². The number of carbonyl (C=O) groups excluding carboxylic acids is 2. The van der Waals surface area contributed by atoms with Crippen LogP contribution >= 0.6 is 0 Å². The predicted molar refractivity (Wildman–Crippen MR) is 109 cm³/mol. The Bertz CT molecular complexity index is 1030. The number of urea groups is 1. The molecule has 2 rings (SSSR count). The second-order valence-electron chi connectivity index (χ2n) is 6.83. The SMILES string of the molecule is COc1ccc2c(C)c(CC(=O)N[C@H](CCCNC(N)=O)C(=O)O)c(=O)oc2c1C. The number of methoxy groups -OCH3 is 1. The smallest absolute Gasteiger partial charge is 0.340 e. The van der Waals surface area contributed by atoms with Gasteiger partial charge in [-0.2, -0.15) is 0 Å². The summed E-state index contributed by atoms with van der Waals surface area (Å²) in [6, 6.07) is 1.62. The van der Waals surface area contributed by atoms with Crippen LogP contribution in [0.15, 0.2) is 21.3 Å². The van der Waals surface area contributed by atoms with Crippen molar-refractivity contribution in [3.05, 3.63) is 39.2 Å². The monoisotopic (exact) mass is 419 g/mol. The number of carboxylic acids is 1. The highest BCUT2D eigenvalue weighted by atomic mass is 16.5. The standard InChI is InChI=1S/C20H25N3O7/c1-10-12-6-7-15(29-3)11(2)17(12)30-19(27)13(10)9-16(24)23-14(18(25)26)5-4-8-22-20(21)28/h6-7,14H,4-5,8-9H2,1-3H3,(H,23,24)(H,25,26)(H3,21,22,28)/t14-/m1/s1. The molecule has 0 spiro atoms. The molecule has 2 aromatic rings. The zero-order valence-corrected chi connectivity index (χ0v) is 17.0. The third kappa shape index (κ3) is 5.28. The molecular weight excluding hydrogens is 394 g/mol. The number of hydrogen-bond acceptors (Lipinski definition) is 6. The number of carboxylic acid groups (broad SMARTS) is 1. The molecule has 162 valence electrons. The van der Waals surface area contributed by atoms with Gasteiger partial charge in [0.1, 0.15) is 17.4 Å². The van der Waals surface area contributed by atoms with Gasteiger partial charge in [0.2, 0.25) is 5.91 Å². The maximum Gasteiger partial charge on any atom is 0.340 e. The zero-order chi connectivity index (χ0) is 22.4. The quantitative estimate of drug-likeness (QED) is 0.348. The Labute approximate surface area is 172 Å². The molecule has 1 heterocycles. The van der Waals surface area contributed by atoms with Crippen molar-refractivity contribution in [1.82, 2.24) is 10.6 Å². The fraction of sp³-hybridized carbons (Fsp3) is 0.400. The number of carbonyl (C=O) groups is 3. The number of amides is 3. The number of primary amides is 1. The molecule has 10 heteroatoms. The molecule has 0 saturated carbocycles. The highest BCUT2D eigenvalue weighted by molar-refractivity contribution is 5.88. The first-order valence-electron chi connectivity index (χ1n) is 9.31. The zero-order valence-electron chi connectivity index (χ0n) is 17.0. The van der Waals surface area contributed by atoms with Crippen LogP contribution in [0.2, 0.25) is 0 Å². The Hall–Kier alpha value is -3.56. The molecule has 30 heavy (non-hydrogen) atoms. The number of rotatable bonds is 9. The number of nitrogens with two attached hydrogens (primary N) is 1. The van der Waals surface area contributed by atoms with E-state index >= 15 is 0 Å². The van der Waals surface area contributed by atoms with E-state index in [-0.39, 0.29) is 24.9 Å². The number of aryl methyl sites for hydroxylation is 2. The molecular formula is C20H25N3O7. The summed E-state index contributed by atoms with van der Waals surface area (Å²) in [5.41, 5.74) is 6.07. The van der Waals surface area contributed by atoms with E-state index in [2.05, 4.69) is 10.6 Å². The lowest BCUT2D eigenvalue weighted by Crippen LogP contribution is -2.42. The predicted octanol–water partition coefficient (Wildman–Crippen LogP) is 0.979. The third-order valence-corrected chi connectivity index (χ3v) is 4.81. The summed E-state index contributed by atoms with van der Waals surface area (Å²) in [6.07, 6.45) is 0.0720. The van der Waals surface area contributed by atoms with Crippen molar-refractivity contribution in [3.8, 4) is 5.75 Å². The van der Waals surface area contributed by atoms with Crippen molar-refractivity contribution in [2.45, 2.75) is 39.2 Å². The van der Waals surface area contributed by atoms with E-state index in [9.17, 15) is 24.3 Å². The Morgan fingerprint density at radius 1 is 1.23 bits per heavy atom. The van der Waals surface area contributed by atoms with Gasteiger partial charge < -0.3 is 30.6 Å². The first-order valence-corrected chi connectivity index (χ1v) is 9.31. The lowest BCUT2D eigenvalue weighted by Gasteiger charge is -2.15. The molecule has 0 aliphatic heterocycles. The highest BCUT2D eigenvalue weighted by Crippen LogP contribution is 2.29. The van der Waals surface area contributed by atoms with Crippen LogP contribution in [0.5, 0.6) is 5.75 Å². The average molecular weight is 419 g/mol. The van der Waals surface area contributed by atoms with Crippen molar-refractivity contribution in [2.75, 3.05) is 13.7 Å². The number of hydrogen-bond donors (Lipinski definition) is 4. The van der Waals surface area contributed by atoms with Crippen molar-refractivity contribution < 1.29 is 28.6 Å². The fourth-order valence-electron chi connectivity index (χ4n) is 3.18. The molecule has 0 saturated heterocycles. The summed E-state index contributed by atoms with van der Waals surface area (Å²) >= 11 is 0. The molecule has 0 radical (unpaired) electrons. The molecule has 0 aliphatic carbocycles. The van der Waals surface area contributed by atoms with Crippen LogP contribution in [0.25, 0.3) is 11.0 Å². The Morgan fingerprint density at radius 3 is 2.53 bits per heavy atom. The molecule has 10 nitrogen and oxygen atoms in total. The molecule has 5 N–H and O–H groups in total. The minimum Gasteiger partial charge on any atom is -0.496 e. The number of aliphatic carboxylic acids is 1. The lowest BCUT2D eigenvalue weighted by atomic mass is 10.0. The summed E-state index contributed by atoms with van der Waals surface area (Å²) in [4.78, 5) is 46.9. The van der Waals surface area contributed by atoms with E-state index in [1.54, 1.807) is 26.0 Å². The van der Waals surface area contributed by atoms with Crippen molar-refractivity contribution in [2.24, 2.45) is 5.73 Å². The van der Waals surface area contributed by atoms with Gasteiger partial charge in [-0.3, -0.25) is 4.79 Å². The Kier molecular flexibility index (Phi) is 7.40. The van der Waals surface area contributed by atoms with E-state index in [4.69, 9.17) is 14.9 Å². The van der Waals surface area contributed by atoms with E-state index in [1.165, 1.54) is 7.11 Å². The van der Waals surface area contributed by atoms with Crippen LogP contribution in [-0.4, -0.2) is 42.7 Å². The maximum absolute atomic E-state index is 12.5. The minimum atomic E-state index is -1.22. The number of fused-ring (bicyclic) bond motifs is 1. The summed E-state index contributed by atoms with van der Waals surface area (Å²) in [5, 5.41) is 14.7. The first-order chi connectivity index (χ1) is 14.1. The summed E-state index contributed by atoms with van der Waals surface area (Å²) < 4.78 is 10.7. The van der Waals surface area contributed by atoms with Gasteiger partial charge >= 0.3 is 17.6 Å². The van der Waals surface area contributed by atoms with Crippen LogP contribution in [0.4, 0.5) is 4.79 Å². The van der Waals surface area contributed by atoms with Gasteiger partial charge in [0, 0.05) is 17.5 Å². The molecule has 0 aliphatic rings. The Morgan fingerprint density at radius 2 is 1.93 bits per heavy atom. The largest absolute Gasteiger partial charge is 0.496 e. The maximum atomic E-state index is 12.5. The van der Waals surface area contributed by atoms with Crippen LogP contribution < -0.4 is 26.7 Å². The molecule has 0 unspecified atom stereocenters. The second kappa shape index (κ2) is 9.77. The van der Waals surface area contributed by atoms with E-state index in [1.807, 2.05) is 0 Å². The second-order valence-corrected chi connectivity index (χ2v) is 6.83. The number of ether oxygens (including phenoxy) is 1. The number of nitrogens with one attached hydrogen (secondary N) is 2. The van der Waals surface area contributed by atoms with Gasteiger partial charge in [0.15, 0.2) is 0 Å². The molecule has 1 atom stereocenters. The Balaban J connectivity index is 2.18. The van der Waals surface area contributed by atoms with Gasteiger partial charge in [0.05, 0.1) is 19.1 Å². The third-order valence-electron chi connectivity index (χ3n) is 4.81. The van der Waals surface area contributed by atoms with Crippen molar-refractivity contribution in [3.63, 3.8) is 0 Å². The normalized spacial score (nSPS) is 11.7. The van der Waals surface area contributed by atoms with Gasteiger partial charge in [0.25, 0.3) is 0 Å². The fourth-order valence-corrected chi connectivity index (χ4v) is 3.18. The minimum absolute atomic E-state index is 0.0889. The van der Waals surface area contributed by atoms with Crippen molar-refractivity contribution >= 4 is 28.9 Å². The molecule has 0 bridgehead atoms. The van der Waals surface area contributed by atoms with E-state index in [0.717, 1.165) is 0 Å². The molecule has 1 aromatic carbocycles. The van der Waals surface area contributed by atoms with E-state index < -0.39 is 29.6 Å². The van der Waals surface area contributed by atoms with Gasteiger partial charge in [-0.1, -0.05) is 0 Å². The summed E-state index contributed by atoms with van der Waals surface area (Å²) in [5.74, 6) is -1.26. The lowest BCUT2D eigenvalue weighted by molar-refractivity contribution is -0.141. The highest BCUT2D eigenvalue weighted by Gasteiger charge is 2.22. The molecule has 3 amide bonds.